The summed E-state index contributed by atoms with van der Waals surface area (Å²) >= 11 is 0. The summed E-state index contributed by atoms with van der Waals surface area (Å²) in [7, 11) is 0. The summed E-state index contributed by atoms with van der Waals surface area (Å²) in [5, 5.41) is 6.31. The van der Waals surface area contributed by atoms with E-state index in [1.54, 1.807) is 4.90 Å². The Kier molecular flexibility index (Phi) is 6.01. The molecule has 0 radical (unpaired) electrons. The highest BCUT2D eigenvalue weighted by molar-refractivity contribution is 5.90. The van der Waals surface area contributed by atoms with Crippen molar-refractivity contribution < 1.29 is 9.59 Å². The van der Waals surface area contributed by atoms with Crippen LogP contribution in [0.5, 0.6) is 0 Å². The number of nitrogens with zero attached hydrogens (tertiary/aromatic N) is 5. The number of carbonyl (C=O) groups is 2. The fourth-order valence-corrected chi connectivity index (χ4v) is 3.72. The number of aromatic nitrogens is 3. The van der Waals surface area contributed by atoms with Crippen LogP contribution < -0.4 is 0 Å². The maximum atomic E-state index is 12.6. The molecule has 2 aliphatic heterocycles. The normalized spacial score (nSPS) is 20.0. The van der Waals surface area contributed by atoms with Gasteiger partial charge in [0.25, 0.3) is 5.91 Å². The molecule has 1 N–H and O–H groups in total. The summed E-state index contributed by atoms with van der Waals surface area (Å²) in [6, 6.07) is 0. The molecule has 1 aromatic heterocycles. The van der Waals surface area contributed by atoms with Crippen molar-refractivity contribution in [3.8, 4) is 0 Å². The molecule has 138 valence electrons. The topological polar surface area (TPSA) is 85.4 Å². The fraction of sp³-hybridized carbons (Fsp3) is 0.765. The van der Waals surface area contributed by atoms with E-state index in [2.05, 4.69) is 27.0 Å². The van der Waals surface area contributed by atoms with Gasteiger partial charge in [-0.25, -0.2) is 4.98 Å². The molecule has 0 unspecified atom stereocenters. The SMILES string of the molecule is CCCN1CCC(CC(=O)N2CCN(C(=O)c3ncn[nH]3)CC2)CC1. The predicted molar refractivity (Wildman–Crippen MR) is 92.9 cm³/mol. The molecule has 8 heteroatoms. The second-order valence-electron chi connectivity index (χ2n) is 7.00. The van der Waals surface area contributed by atoms with Gasteiger partial charge in [-0.2, -0.15) is 5.10 Å². The lowest BCUT2D eigenvalue weighted by Crippen LogP contribution is -2.51. The van der Waals surface area contributed by atoms with Crippen LogP contribution in [0.3, 0.4) is 0 Å². The Hall–Kier alpha value is -1.96. The van der Waals surface area contributed by atoms with Crippen LogP contribution in [0.25, 0.3) is 0 Å². The van der Waals surface area contributed by atoms with Gasteiger partial charge in [0.05, 0.1) is 0 Å². The van der Waals surface area contributed by atoms with Gasteiger partial charge in [0.1, 0.15) is 6.33 Å². The van der Waals surface area contributed by atoms with Gasteiger partial charge in [-0.05, 0) is 44.8 Å². The maximum absolute atomic E-state index is 12.6. The van der Waals surface area contributed by atoms with Crippen LogP contribution in [-0.2, 0) is 4.79 Å². The zero-order chi connectivity index (χ0) is 17.6. The van der Waals surface area contributed by atoms with E-state index < -0.39 is 0 Å². The van der Waals surface area contributed by atoms with Gasteiger partial charge < -0.3 is 14.7 Å². The molecule has 0 spiro atoms. The molecule has 2 saturated heterocycles. The van der Waals surface area contributed by atoms with Gasteiger partial charge in [0.2, 0.25) is 11.7 Å². The molecule has 0 atom stereocenters. The van der Waals surface area contributed by atoms with Crippen molar-refractivity contribution in [3.63, 3.8) is 0 Å². The van der Waals surface area contributed by atoms with Gasteiger partial charge in [0, 0.05) is 32.6 Å². The van der Waals surface area contributed by atoms with Gasteiger partial charge >= 0.3 is 0 Å². The number of rotatable bonds is 5. The molecular weight excluding hydrogens is 320 g/mol. The van der Waals surface area contributed by atoms with Gasteiger partial charge in [0.15, 0.2) is 0 Å². The fourth-order valence-electron chi connectivity index (χ4n) is 3.72. The average Bonchev–Trinajstić information content (AvgIpc) is 3.18. The number of amides is 2. The van der Waals surface area contributed by atoms with Gasteiger partial charge in [-0.3, -0.25) is 14.7 Å². The van der Waals surface area contributed by atoms with Crippen molar-refractivity contribution in [3.05, 3.63) is 12.2 Å². The number of hydrogen-bond acceptors (Lipinski definition) is 5. The zero-order valence-electron chi connectivity index (χ0n) is 15.0. The second-order valence-corrected chi connectivity index (χ2v) is 7.00. The van der Waals surface area contributed by atoms with Crippen molar-refractivity contribution >= 4 is 11.8 Å². The molecule has 25 heavy (non-hydrogen) atoms. The Balaban J connectivity index is 1.41. The Labute approximate surface area is 148 Å². The smallest absolute Gasteiger partial charge is 0.291 e. The first-order valence-corrected chi connectivity index (χ1v) is 9.32. The molecule has 3 rings (SSSR count). The highest BCUT2D eigenvalue weighted by atomic mass is 16.2. The number of H-pyrrole nitrogens is 1. The maximum Gasteiger partial charge on any atom is 0.291 e. The molecule has 0 aliphatic carbocycles. The first kappa shape index (κ1) is 17.8. The highest BCUT2D eigenvalue weighted by Gasteiger charge is 2.28. The molecule has 0 aromatic carbocycles. The molecule has 8 nitrogen and oxygen atoms in total. The third-order valence-corrected chi connectivity index (χ3v) is 5.25. The Morgan fingerprint density at radius 1 is 1.12 bits per heavy atom. The standard InChI is InChI=1S/C17H28N6O2/c1-2-5-21-6-3-14(4-7-21)12-15(24)22-8-10-23(11-9-22)17(25)16-18-13-19-20-16/h13-14H,2-12H2,1H3,(H,18,19,20). The van der Waals surface area contributed by atoms with Crippen LogP contribution in [0.2, 0.25) is 0 Å². The quantitative estimate of drug-likeness (QED) is 0.842. The Morgan fingerprint density at radius 3 is 2.40 bits per heavy atom. The Bertz CT molecular complexity index is 560. The summed E-state index contributed by atoms with van der Waals surface area (Å²) in [5.74, 6) is 0.863. The minimum Gasteiger partial charge on any atom is -0.339 e. The van der Waals surface area contributed by atoms with E-state index in [4.69, 9.17) is 0 Å². The summed E-state index contributed by atoms with van der Waals surface area (Å²) in [5.41, 5.74) is 0. The average molecular weight is 348 g/mol. The molecule has 0 saturated carbocycles. The minimum atomic E-state index is -0.145. The molecule has 3 heterocycles. The van der Waals surface area contributed by atoms with E-state index in [1.807, 2.05) is 4.90 Å². The van der Waals surface area contributed by atoms with Crippen LogP contribution in [0.15, 0.2) is 6.33 Å². The van der Waals surface area contributed by atoms with E-state index in [-0.39, 0.29) is 17.6 Å². The molecule has 2 fully saturated rings. The van der Waals surface area contributed by atoms with Crippen LogP contribution in [0.1, 0.15) is 43.2 Å². The van der Waals surface area contributed by atoms with E-state index in [1.165, 1.54) is 19.3 Å². The van der Waals surface area contributed by atoms with Crippen molar-refractivity contribution in [1.82, 2.24) is 29.9 Å². The van der Waals surface area contributed by atoms with E-state index in [0.29, 0.717) is 38.5 Å². The third-order valence-electron chi connectivity index (χ3n) is 5.25. The lowest BCUT2D eigenvalue weighted by Gasteiger charge is -2.36. The second kappa shape index (κ2) is 8.42. The lowest BCUT2D eigenvalue weighted by molar-refractivity contribution is -0.134. The number of piperidine rings is 1. The molecule has 1 aromatic rings. The first-order chi connectivity index (χ1) is 12.2. The van der Waals surface area contributed by atoms with Crippen molar-refractivity contribution in [2.75, 3.05) is 45.8 Å². The van der Waals surface area contributed by atoms with Crippen molar-refractivity contribution in [1.29, 1.82) is 0 Å². The summed E-state index contributed by atoms with van der Waals surface area (Å²) in [6.45, 7) is 7.93. The van der Waals surface area contributed by atoms with Crippen LogP contribution in [-0.4, -0.2) is 87.5 Å². The zero-order valence-corrected chi connectivity index (χ0v) is 15.0. The number of carbonyl (C=O) groups excluding carboxylic acids is 2. The van der Waals surface area contributed by atoms with Gasteiger partial charge in [-0.1, -0.05) is 6.92 Å². The minimum absolute atomic E-state index is 0.145. The summed E-state index contributed by atoms with van der Waals surface area (Å²) < 4.78 is 0. The third kappa shape index (κ3) is 4.56. The lowest BCUT2D eigenvalue weighted by atomic mass is 9.93. The first-order valence-electron chi connectivity index (χ1n) is 9.32. The molecule has 2 amide bonds. The van der Waals surface area contributed by atoms with E-state index in [9.17, 15) is 9.59 Å². The number of hydrogen-bond donors (Lipinski definition) is 1. The monoisotopic (exact) mass is 348 g/mol. The van der Waals surface area contributed by atoms with Crippen molar-refractivity contribution in [2.24, 2.45) is 5.92 Å². The highest BCUT2D eigenvalue weighted by Crippen LogP contribution is 2.22. The Morgan fingerprint density at radius 2 is 1.80 bits per heavy atom. The molecule has 0 bridgehead atoms. The number of nitrogens with one attached hydrogen (secondary N) is 1. The van der Waals surface area contributed by atoms with Gasteiger partial charge in [-0.15, -0.1) is 0 Å². The van der Waals surface area contributed by atoms with Crippen LogP contribution in [0, 0.1) is 5.92 Å². The van der Waals surface area contributed by atoms with E-state index >= 15 is 0 Å². The number of piperazine rings is 1. The summed E-state index contributed by atoms with van der Waals surface area (Å²) in [4.78, 5) is 34.8. The number of likely N-dealkylation sites (tertiary alicyclic amines) is 1. The predicted octanol–water partition coefficient (Wildman–Crippen LogP) is 0.601. The molecule has 2 aliphatic rings. The van der Waals surface area contributed by atoms with Crippen LogP contribution >= 0.6 is 0 Å². The molecular formula is C17H28N6O2. The van der Waals surface area contributed by atoms with Crippen molar-refractivity contribution in [2.45, 2.75) is 32.6 Å². The largest absolute Gasteiger partial charge is 0.339 e. The number of aromatic amines is 1. The van der Waals surface area contributed by atoms with E-state index in [0.717, 1.165) is 25.9 Å². The summed E-state index contributed by atoms with van der Waals surface area (Å²) in [6.07, 6.45) is 5.42. The van der Waals surface area contributed by atoms with Crippen LogP contribution in [0.4, 0.5) is 0 Å².